The van der Waals surface area contributed by atoms with E-state index in [0.29, 0.717) is 29.9 Å². The molecule has 3 aromatic heterocycles. The predicted molar refractivity (Wildman–Crippen MR) is 113 cm³/mol. The van der Waals surface area contributed by atoms with Crippen LogP contribution in [0.4, 0.5) is 13.2 Å². The lowest BCUT2D eigenvalue weighted by molar-refractivity contribution is -0.140. The molecule has 0 N–H and O–H groups in total. The van der Waals surface area contributed by atoms with Crippen molar-refractivity contribution in [2.45, 2.75) is 37.1 Å². The summed E-state index contributed by atoms with van der Waals surface area (Å²) in [4.78, 5) is 12.3. The van der Waals surface area contributed by atoms with Gasteiger partial charge in [0, 0.05) is 25.1 Å². The van der Waals surface area contributed by atoms with Crippen LogP contribution < -0.4 is 0 Å². The maximum atomic E-state index is 13.0. The van der Waals surface area contributed by atoms with Gasteiger partial charge >= 0.3 is 6.18 Å². The molecule has 5 rings (SSSR count). The highest BCUT2D eigenvalue weighted by Crippen LogP contribution is 2.31. The van der Waals surface area contributed by atoms with Gasteiger partial charge < -0.3 is 4.57 Å². The Morgan fingerprint density at radius 2 is 1.73 bits per heavy atom. The van der Waals surface area contributed by atoms with Crippen LogP contribution in [0.1, 0.15) is 29.1 Å². The number of benzene rings is 1. The molecule has 0 unspecified atom stereocenters. The summed E-state index contributed by atoms with van der Waals surface area (Å²) >= 11 is 0. The molecular weight excluding hydrogens is 457 g/mol. The molecule has 1 aliphatic carbocycles. The Labute approximate surface area is 187 Å². The summed E-state index contributed by atoms with van der Waals surface area (Å²) in [5.41, 5.74) is 2.44. The average Bonchev–Trinajstić information content (AvgIpc) is 3.30. The topological polar surface area (TPSA) is 95.6 Å². The predicted octanol–water partition coefficient (Wildman–Crippen LogP) is 3.19. The number of hydrogen-bond acceptors (Lipinski definition) is 6. The number of sulfone groups is 1. The summed E-state index contributed by atoms with van der Waals surface area (Å²) in [7, 11) is -2.07. The third kappa shape index (κ3) is 3.88. The molecule has 0 bridgehead atoms. The molecule has 4 aromatic rings. The Kier molecular flexibility index (Phi) is 4.82. The lowest BCUT2D eigenvalue weighted by atomic mass is 10.0. The van der Waals surface area contributed by atoms with Crippen molar-refractivity contribution < 1.29 is 21.6 Å². The highest BCUT2D eigenvalue weighted by Gasteiger charge is 2.34. The number of aryl methyl sites for hydroxylation is 3. The normalized spacial score (nSPS) is 14.2. The van der Waals surface area contributed by atoms with Crippen LogP contribution in [-0.4, -0.2) is 44.0 Å². The van der Waals surface area contributed by atoms with Gasteiger partial charge in [0.2, 0.25) is 15.0 Å². The molecule has 0 saturated heterocycles. The molecule has 1 aromatic carbocycles. The first kappa shape index (κ1) is 21.6. The number of hydrogen-bond donors (Lipinski definition) is 0. The molecule has 8 nitrogen and oxygen atoms in total. The van der Waals surface area contributed by atoms with Gasteiger partial charge in [-0.2, -0.15) is 23.3 Å². The highest BCUT2D eigenvalue weighted by atomic mass is 32.2. The number of rotatable bonds is 4. The number of halogens is 3. The monoisotopic (exact) mass is 476 g/mol. The van der Waals surface area contributed by atoms with E-state index in [9.17, 15) is 21.6 Å². The van der Waals surface area contributed by atoms with Gasteiger partial charge in [-0.25, -0.2) is 23.1 Å². The van der Waals surface area contributed by atoms with Crippen LogP contribution in [-0.2, 0) is 42.4 Å². The second kappa shape index (κ2) is 7.37. The van der Waals surface area contributed by atoms with Gasteiger partial charge in [0.25, 0.3) is 0 Å². The molecule has 1 aliphatic rings. The van der Waals surface area contributed by atoms with Crippen LogP contribution >= 0.6 is 0 Å². The van der Waals surface area contributed by atoms with E-state index in [1.54, 1.807) is 28.9 Å². The lowest BCUT2D eigenvalue weighted by Crippen LogP contribution is -2.10. The molecule has 0 radical (unpaired) electrons. The van der Waals surface area contributed by atoms with Gasteiger partial charge in [0.15, 0.2) is 11.3 Å². The largest absolute Gasteiger partial charge is 0.434 e. The molecule has 0 spiro atoms. The molecule has 33 heavy (non-hydrogen) atoms. The van der Waals surface area contributed by atoms with Crippen LogP contribution in [0.5, 0.6) is 0 Å². The molecule has 0 saturated carbocycles. The number of aromatic nitrogens is 6. The fourth-order valence-electron chi connectivity index (χ4n) is 4.06. The summed E-state index contributed by atoms with van der Waals surface area (Å²) in [6.07, 6.45) is -0.220. The van der Waals surface area contributed by atoms with E-state index >= 15 is 0 Å². The summed E-state index contributed by atoms with van der Waals surface area (Å²) < 4.78 is 66.0. The summed E-state index contributed by atoms with van der Waals surface area (Å²) in [6.45, 7) is 0.324. The third-order valence-corrected chi connectivity index (χ3v) is 6.43. The third-order valence-electron chi connectivity index (χ3n) is 5.59. The second-order valence-corrected chi connectivity index (χ2v) is 10.0. The quantitative estimate of drug-likeness (QED) is 0.420. The van der Waals surface area contributed by atoms with Crippen LogP contribution in [0.15, 0.2) is 35.6 Å². The first-order valence-electron chi connectivity index (χ1n) is 10.2. The Morgan fingerprint density at radius 1 is 1.03 bits per heavy atom. The standard InChI is InChI=1S/C21H19F3N6O2S/c1-29-11-16(21(22,23)24)26-18(29)13-8-6-12(7-9-13)10-30-19-17-14(4-3-5-15(17)28-30)25-20(27-19)33(2,31)32/h6-9,11H,3-5,10H2,1-2H3. The molecule has 3 heterocycles. The number of imidazole rings is 1. The van der Waals surface area contributed by atoms with Gasteiger partial charge in [-0.3, -0.25) is 0 Å². The van der Waals surface area contributed by atoms with Gasteiger partial charge in [0.1, 0.15) is 5.82 Å². The average molecular weight is 476 g/mol. The molecule has 0 fully saturated rings. The van der Waals surface area contributed by atoms with Crippen molar-refractivity contribution >= 4 is 20.9 Å². The van der Waals surface area contributed by atoms with Crippen molar-refractivity contribution in [2.75, 3.05) is 6.26 Å². The fraction of sp³-hybridized carbons (Fsp3) is 0.333. The zero-order valence-corrected chi connectivity index (χ0v) is 18.6. The van der Waals surface area contributed by atoms with E-state index in [4.69, 9.17) is 0 Å². The molecule has 0 atom stereocenters. The van der Waals surface area contributed by atoms with Crippen molar-refractivity contribution in [1.82, 2.24) is 29.3 Å². The van der Waals surface area contributed by atoms with Gasteiger partial charge in [0.05, 0.1) is 23.3 Å². The summed E-state index contributed by atoms with van der Waals surface area (Å²) in [5, 5.41) is 5.23. The molecule has 0 amide bonds. The second-order valence-electron chi connectivity index (χ2n) is 8.14. The Bertz CT molecular complexity index is 1490. The SMILES string of the molecule is Cn1cc(C(F)(F)F)nc1-c1ccc(Cn2nc3c4c(nc(S(C)(=O)=O)nc42)CCC3)cc1. The van der Waals surface area contributed by atoms with Crippen molar-refractivity contribution in [3.63, 3.8) is 0 Å². The van der Waals surface area contributed by atoms with E-state index < -0.39 is 21.7 Å². The zero-order chi connectivity index (χ0) is 23.5. The minimum absolute atomic E-state index is 0.210. The zero-order valence-electron chi connectivity index (χ0n) is 17.8. The van der Waals surface area contributed by atoms with Crippen molar-refractivity contribution in [2.24, 2.45) is 7.05 Å². The maximum absolute atomic E-state index is 13.0. The summed E-state index contributed by atoms with van der Waals surface area (Å²) in [6, 6.07) is 6.96. The lowest BCUT2D eigenvalue weighted by Gasteiger charge is -2.10. The van der Waals surface area contributed by atoms with E-state index in [1.807, 2.05) is 0 Å². The van der Waals surface area contributed by atoms with Crippen molar-refractivity contribution in [3.8, 4) is 11.4 Å². The molecular formula is C21H19F3N6O2S. The van der Waals surface area contributed by atoms with E-state index in [-0.39, 0.29) is 11.0 Å². The van der Waals surface area contributed by atoms with Crippen LogP contribution in [0.3, 0.4) is 0 Å². The smallest absolute Gasteiger partial charge is 0.333 e. The maximum Gasteiger partial charge on any atom is 0.434 e. The molecule has 172 valence electrons. The van der Waals surface area contributed by atoms with Crippen LogP contribution in [0.25, 0.3) is 22.4 Å². The van der Waals surface area contributed by atoms with E-state index in [2.05, 4.69) is 20.1 Å². The van der Waals surface area contributed by atoms with Crippen LogP contribution in [0.2, 0.25) is 0 Å². The Morgan fingerprint density at radius 3 is 2.36 bits per heavy atom. The first-order chi connectivity index (χ1) is 15.5. The number of alkyl halides is 3. The minimum atomic E-state index is -4.51. The van der Waals surface area contributed by atoms with E-state index in [1.165, 1.54) is 11.6 Å². The van der Waals surface area contributed by atoms with Crippen LogP contribution in [0, 0.1) is 0 Å². The Hall–Kier alpha value is -3.28. The van der Waals surface area contributed by atoms with Crippen molar-refractivity contribution in [1.29, 1.82) is 0 Å². The van der Waals surface area contributed by atoms with Gasteiger partial charge in [-0.1, -0.05) is 24.3 Å². The molecule has 0 aliphatic heterocycles. The Balaban J connectivity index is 1.50. The van der Waals surface area contributed by atoms with E-state index in [0.717, 1.165) is 41.9 Å². The first-order valence-corrected chi connectivity index (χ1v) is 12.1. The highest BCUT2D eigenvalue weighted by molar-refractivity contribution is 7.90. The minimum Gasteiger partial charge on any atom is -0.333 e. The number of nitrogens with zero attached hydrogens (tertiary/aromatic N) is 6. The van der Waals surface area contributed by atoms with Gasteiger partial charge in [-0.15, -0.1) is 0 Å². The fourth-order valence-corrected chi connectivity index (χ4v) is 4.58. The van der Waals surface area contributed by atoms with Crippen molar-refractivity contribution in [3.05, 3.63) is 53.1 Å². The summed E-state index contributed by atoms with van der Waals surface area (Å²) in [5.74, 6) is 0.210. The van der Waals surface area contributed by atoms with Gasteiger partial charge in [-0.05, 0) is 24.8 Å². The molecule has 12 heteroatoms.